The van der Waals surface area contributed by atoms with Crippen molar-refractivity contribution < 1.29 is 19.4 Å². The Kier molecular flexibility index (Phi) is 9.26. The van der Waals surface area contributed by atoms with Gasteiger partial charge in [-0.15, -0.1) is 0 Å². The van der Waals surface area contributed by atoms with E-state index in [0.29, 0.717) is 30.6 Å². The minimum absolute atomic E-state index is 0.0652. The Morgan fingerprint density at radius 2 is 2.00 bits per heavy atom. The van der Waals surface area contributed by atoms with Crippen LogP contribution >= 0.6 is 0 Å². The molecular formula is C18H28N8O5. The third kappa shape index (κ3) is 7.95. The molecule has 0 aliphatic heterocycles. The number of nitrogens with two attached hydrogens (primary N) is 2. The van der Waals surface area contributed by atoms with Crippen molar-refractivity contribution in [3.05, 3.63) is 23.0 Å². The van der Waals surface area contributed by atoms with Gasteiger partial charge in [0.15, 0.2) is 17.1 Å². The fraction of sp³-hybridized carbons (Fsp3) is 0.556. The van der Waals surface area contributed by atoms with Gasteiger partial charge < -0.3 is 36.2 Å². The number of alkyl carbamates (subject to hydrolysis) is 1. The molecule has 13 heteroatoms. The minimum Gasteiger partial charge on any atom is -0.480 e. The van der Waals surface area contributed by atoms with Crippen LogP contribution in [0.1, 0.15) is 38.5 Å². The number of hydrogen-bond acceptors (Lipinski definition) is 7. The molecule has 0 bridgehead atoms. The lowest BCUT2D eigenvalue weighted by Crippen LogP contribution is -2.41. The van der Waals surface area contributed by atoms with E-state index in [1.165, 1.54) is 6.33 Å². The van der Waals surface area contributed by atoms with Crippen molar-refractivity contribution >= 4 is 29.2 Å². The average Bonchev–Trinajstić information content (AvgIpc) is 3.13. The lowest BCUT2D eigenvalue weighted by Gasteiger charge is -2.14. The van der Waals surface area contributed by atoms with E-state index >= 15 is 0 Å². The lowest BCUT2D eigenvalue weighted by molar-refractivity contribution is -0.139. The number of nitrogens with zero attached hydrogens (tertiary/aromatic N) is 4. The van der Waals surface area contributed by atoms with E-state index in [1.54, 1.807) is 6.33 Å². The highest BCUT2D eigenvalue weighted by Crippen LogP contribution is 2.08. The third-order valence-electron chi connectivity index (χ3n) is 4.47. The van der Waals surface area contributed by atoms with Crippen molar-refractivity contribution in [2.24, 2.45) is 16.5 Å². The molecule has 31 heavy (non-hydrogen) atoms. The summed E-state index contributed by atoms with van der Waals surface area (Å²) in [6.45, 7) is 1.15. The minimum atomic E-state index is -1.15. The average molecular weight is 436 g/mol. The maximum Gasteiger partial charge on any atom is 0.407 e. The number of aryl methyl sites for hydroxylation is 1. The van der Waals surface area contributed by atoms with Gasteiger partial charge in [-0.25, -0.2) is 19.6 Å². The number of unbranched alkanes of at least 4 members (excludes halogenated alkanes) is 3. The molecule has 13 nitrogen and oxygen atoms in total. The van der Waals surface area contributed by atoms with Crippen LogP contribution < -0.4 is 22.3 Å². The Hall–Kier alpha value is -3.64. The van der Waals surface area contributed by atoms with E-state index in [9.17, 15) is 19.5 Å². The number of nitrogens with one attached hydrogen (secondary N) is 2. The number of hydrogen-bond donors (Lipinski definition) is 5. The van der Waals surface area contributed by atoms with Crippen molar-refractivity contribution in [1.29, 1.82) is 0 Å². The van der Waals surface area contributed by atoms with Gasteiger partial charge >= 0.3 is 12.1 Å². The third-order valence-corrected chi connectivity index (χ3v) is 4.47. The van der Waals surface area contributed by atoms with Gasteiger partial charge in [-0.05, 0) is 32.1 Å². The summed E-state index contributed by atoms with van der Waals surface area (Å²) in [5.41, 5.74) is 11.0. The van der Waals surface area contributed by atoms with E-state index in [-0.39, 0.29) is 31.1 Å². The van der Waals surface area contributed by atoms with Crippen LogP contribution in [0.5, 0.6) is 0 Å². The van der Waals surface area contributed by atoms with Gasteiger partial charge in [-0.1, -0.05) is 6.42 Å². The van der Waals surface area contributed by atoms with Gasteiger partial charge in [-0.2, -0.15) is 0 Å². The molecular weight excluding hydrogens is 408 g/mol. The number of carbonyl (C=O) groups excluding carboxylic acids is 1. The van der Waals surface area contributed by atoms with E-state index in [1.807, 2.05) is 4.57 Å². The van der Waals surface area contributed by atoms with Crippen LogP contribution in [0, 0.1) is 0 Å². The molecule has 7 N–H and O–H groups in total. The van der Waals surface area contributed by atoms with Crippen molar-refractivity contribution in [2.75, 3.05) is 13.2 Å². The zero-order valence-electron chi connectivity index (χ0n) is 17.1. The molecule has 0 fully saturated rings. The smallest absolute Gasteiger partial charge is 0.407 e. The van der Waals surface area contributed by atoms with Gasteiger partial charge in [0.2, 0.25) is 0 Å². The predicted octanol–water partition coefficient (Wildman–Crippen LogP) is -0.0870. The van der Waals surface area contributed by atoms with Gasteiger partial charge in [-0.3, -0.25) is 9.79 Å². The van der Waals surface area contributed by atoms with Crippen LogP contribution in [0.2, 0.25) is 0 Å². The van der Waals surface area contributed by atoms with Crippen LogP contribution in [-0.2, 0) is 16.1 Å². The molecule has 170 valence electrons. The molecule has 0 radical (unpaired) electrons. The Bertz CT molecular complexity index is 950. The molecule has 0 saturated heterocycles. The van der Waals surface area contributed by atoms with Crippen LogP contribution in [0.3, 0.4) is 0 Å². The van der Waals surface area contributed by atoms with Gasteiger partial charge in [0.05, 0.1) is 19.3 Å². The normalized spacial score (nSPS) is 11.7. The summed E-state index contributed by atoms with van der Waals surface area (Å²) >= 11 is 0. The number of H-pyrrole nitrogens is 1. The zero-order valence-corrected chi connectivity index (χ0v) is 17.1. The zero-order chi connectivity index (χ0) is 22.6. The summed E-state index contributed by atoms with van der Waals surface area (Å²) in [6, 6.07) is -1.06. The molecule has 0 saturated carbocycles. The van der Waals surface area contributed by atoms with Crippen LogP contribution in [-0.4, -0.2) is 61.8 Å². The number of carboxylic acids is 1. The molecule has 1 amide bonds. The molecule has 0 aromatic carbocycles. The topological polar surface area (TPSA) is 204 Å². The standard InChI is InChI=1S/C18H28N8O5/c19-17(20)21-7-5-6-12(16(28)29)25-18(30)31-9-4-2-1-3-8-26-11-24-13-14(26)22-10-23-15(13)27/h10-12H,1-9H2,(H,25,30)(H,28,29)(H4,19,20,21)(H,22,23,27). The van der Waals surface area contributed by atoms with Crippen LogP contribution in [0.25, 0.3) is 11.2 Å². The van der Waals surface area contributed by atoms with E-state index < -0.39 is 18.1 Å². The van der Waals surface area contributed by atoms with Crippen molar-refractivity contribution in [3.8, 4) is 0 Å². The van der Waals surface area contributed by atoms with Gasteiger partial charge in [0, 0.05) is 13.1 Å². The van der Waals surface area contributed by atoms with Gasteiger partial charge in [0.25, 0.3) is 5.56 Å². The maximum atomic E-state index is 11.8. The van der Waals surface area contributed by atoms with Crippen LogP contribution in [0.4, 0.5) is 4.79 Å². The summed E-state index contributed by atoms with van der Waals surface area (Å²) in [5.74, 6) is -1.21. The fourth-order valence-corrected chi connectivity index (χ4v) is 2.90. The Morgan fingerprint density at radius 1 is 1.23 bits per heavy atom. The number of imidazole rings is 1. The second-order valence-corrected chi connectivity index (χ2v) is 6.88. The number of aromatic nitrogens is 4. The number of aliphatic carboxylic acids is 1. The lowest BCUT2D eigenvalue weighted by atomic mass is 10.1. The first-order chi connectivity index (χ1) is 14.9. The number of ether oxygens (including phenoxy) is 1. The molecule has 0 aliphatic rings. The number of amides is 1. The Labute approximate surface area is 177 Å². The van der Waals surface area contributed by atoms with Gasteiger partial charge in [0.1, 0.15) is 6.04 Å². The summed E-state index contributed by atoms with van der Waals surface area (Å²) in [6.07, 6.45) is 5.99. The highest BCUT2D eigenvalue weighted by Gasteiger charge is 2.20. The molecule has 2 aromatic heterocycles. The first kappa shape index (κ1) is 23.6. The van der Waals surface area contributed by atoms with Crippen molar-refractivity contribution in [2.45, 2.75) is 51.1 Å². The number of aromatic amines is 1. The predicted molar refractivity (Wildman–Crippen MR) is 112 cm³/mol. The highest BCUT2D eigenvalue weighted by atomic mass is 16.5. The first-order valence-electron chi connectivity index (χ1n) is 9.98. The highest BCUT2D eigenvalue weighted by molar-refractivity contribution is 5.79. The summed E-state index contributed by atoms with van der Waals surface area (Å²) in [7, 11) is 0. The fourth-order valence-electron chi connectivity index (χ4n) is 2.90. The molecule has 0 spiro atoms. The second-order valence-electron chi connectivity index (χ2n) is 6.88. The van der Waals surface area contributed by atoms with Crippen LogP contribution in [0.15, 0.2) is 22.4 Å². The number of carbonyl (C=O) groups is 2. The number of aliphatic imine (C=N–C) groups is 1. The number of guanidine groups is 1. The molecule has 1 unspecified atom stereocenters. The molecule has 0 aliphatic carbocycles. The largest absolute Gasteiger partial charge is 0.480 e. The SMILES string of the molecule is NC(N)=NCCCC(NC(=O)OCCCCCCn1cnc2c(=O)[nH]cnc21)C(=O)O. The van der Waals surface area contributed by atoms with E-state index in [2.05, 4.69) is 25.3 Å². The molecule has 2 rings (SSSR count). The van der Waals surface area contributed by atoms with Crippen molar-refractivity contribution in [3.63, 3.8) is 0 Å². The van der Waals surface area contributed by atoms with Crippen molar-refractivity contribution in [1.82, 2.24) is 24.8 Å². The summed E-state index contributed by atoms with van der Waals surface area (Å²) < 4.78 is 6.87. The monoisotopic (exact) mass is 436 g/mol. The Morgan fingerprint density at radius 3 is 2.74 bits per heavy atom. The first-order valence-corrected chi connectivity index (χ1v) is 9.98. The molecule has 1 atom stereocenters. The molecule has 2 aromatic rings. The number of rotatable bonds is 13. The van der Waals surface area contributed by atoms with E-state index in [0.717, 1.165) is 19.3 Å². The summed E-state index contributed by atoms with van der Waals surface area (Å²) in [4.78, 5) is 49.1. The maximum absolute atomic E-state index is 11.8. The van der Waals surface area contributed by atoms with E-state index in [4.69, 9.17) is 16.2 Å². The molecule has 2 heterocycles. The quantitative estimate of drug-likeness (QED) is 0.161. The Balaban J connectivity index is 1.59. The number of fused-ring (bicyclic) bond motifs is 1. The number of carboxylic acid groups (broad SMARTS) is 1. The summed E-state index contributed by atoms with van der Waals surface area (Å²) in [5, 5.41) is 11.5. The second kappa shape index (κ2) is 12.1.